The smallest absolute Gasteiger partial charge is 0.266 e. The van der Waals surface area contributed by atoms with Gasteiger partial charge in [0, 0.05) is 0 Å². The molecule has 4 fully saturated rings. The van der Waals surface area contributed by atoms with Gasteiger partial charge in [-0.2, -0.15) is 0 Å². The zero-order valence-electron chi connectivity index (χ0n) is 18.8. The van der Waals surface area contributed by atoms with E-state index in [4.69, 9.17) is 4.74 Å². The molecule has 4 bridgehead atoms. The Morgan fingerprint density at radius 1 is 0.906 bits per heavy atom. The molecule has 32 heavy (non-hydrogen) atoms. The Balaban J connectivity index is 1.34. The van der Waals surface area contributed by atoms with Crippen LogP contribution in [0.4, 0.5) is 5.69 Å². The molecule has 4 saturated carbocycles. The van der Waals surface area contributed by atoms with Crippen molar-refractivity contribution in [1.29, 1.82) is 0 Å². The summed E-state index contributed by atoms with van der Waals surface area (Å²) in [6.45, 7) is 2.69. The van der Waals surface area contributed by atoms with Gasteiger partial charge in [-0.15, -0.1) is 0 Å². The fourth-order valence-electron chi connectivity index (χ4n) is 7.34. The Kier molecular flexibility index (Phi) is 4.67. The second-order valence-corrected chi connectivity index (χ2v) is 10.6. The number of imide groups is 1. The van der Waals surface area contributed by atoms with Crippen molar-refractivity contribution in [3.8, 4) is 5.75 Å². The molecule has 2 aromatic carbocycles. The normalized spacial score (nSPS) is 30.2. The average molecular weight is 430 g/mol. The highest BCUT2D eigenvalue weighted by Gasteiger charge is 2.52. The van der Waals surface area contributed by atoms with Gasteiger partial charge in [0.05, 0.1) is 23.4 Å². The minimum Gasteiger partial charge on any atom is -0.491 e. The van der Waals surface area contributed by atoms with E-state index < -0.39 is 0 Å². The summed E-state index contributed by atoms with van der Waals surface area (Å²) in [6.07, 6.45) is 9.89. The van der Waals surface area contributed by atoms with Gasteiger partial charge in [-0.25, -0.2) is 4.90 Å². The zero-order chi connectivity index (χ0) is 21.9. The number of para-hydroxylation sites is 2. The quantitative estimate of drug-likeness (QED) is 0.410. The summed E-state index contributed by atoms with van der Waals surface area (Å²) in [6, 6.07) is 13.5. The third-order valence-electron chi connectivity index (χ3n) is 8.40. The van der Waals surface area contributed by atoms with Crippen LogP contribution in [-0.2, 0) is 5.41 Å². The van der Waals surface area contributed by atoms with Crippen LogP contribution in [-0.4, -0.2) is 18.4 Å². The molecule has 0 N–H and O–H groups in total. The molecular weight excluding hydrogens is 398 g/mol. The lowest BCUT2D eigenvalue weighted by molar-refractivity contribution is -0.00520. The van der Waals surface area contributed by atoms with E-state index in [-0.39, 0.29) is 17.2 Å². The van der Waals surface area contributed by atoms with Crippen LogP contribution in [0.15, 0.2) is 42.5 Å². The zero-order valence-corrected chi connectivity index (χ0v) is 18.8. The van der Waals surface area contributed by atoms with Crippen LogP contribution in [0, 0.1) is 17.8 Å². The Hall–Kier alpha value is -2.62. The van der Waals surface area contributed by atoms with Gasteiger partial charge in [-0.05, 0) is 97.9 Å². The van der Waals surface area contributed by atoms with Crippen molar-refractivity contribution >= 4 is 17.5 Å². The highest BCUT2D eigenvalue weighted by molar-refractivity contribution is 6.34. The molecule has 0 spiro atoms. The summed E-state index contributed by atoms with van der Waals surface area (Å²) < 4.78 is 5.93. The summed E-state index contributed by atoms with van der Waals surface area (Å²) >= 11 is 0. The number of unbranched alkanes of at least 4 members (excludes halogenated alkanes) is 1. The number of carbonyl (C=O) groups excluding carboxylic acids is 2. The number of fused-ring (bicyclic) bond motifs is 1. The average Bonchev–Trinajstić information content (AvgIpc) is 3.03. The first kappa shape index (κ1) is 20.0. The maximum absolute atomic E-state index is 13.5. The number of hydrogen-bond donors (Lipinski definition) is 0. The molecule has 2 amide bonds. The van der Waals surface area contributed by atoms with E-state index in [1.165, 1.54) is 49.0 Å². The summed E-state index contributed by atoms with van der Waals surface area (Å²) in [4.78, 5) is 28.1. The predicted octanol–water partition coefficient (Wildman–Crippen LogP) is 6.13. The summed E-state index contributed by atoms with van der Waals surface area (Å²) in [5, 5.41) is 0. The Bertz CT molecular complexity index is 1050. The molecule has 5 aliphatic rings. The van der Waals surface area contributed by atoms with E-state index in [1.54, 1.807) is 0 Å². The van der Waals surface area contributed by atoms with Crippen molar-refractivity contribution in [2.45, 2.75) is 63.7 Å². The largest absolute Gasteiger partial charge is 0.491 e. The molecule has 1 heterocycles. The lowest BCUT2D eigenvalue weighted by Gasteiger charge is -2.57. The van der Waals surface area contributed by atoms with Crippen LogP contribution < -0.4 is 9.64 Å². The van der Waals surface area contributed by atoms with E-state index in [0.717, 1.165) is 30.6 Å². The second-order valence-electron chi connectivity index (χ2n) is 10.6. The monoisotopic (exact) mass is 429 g/mol. The lowest BCUT2D eigenvalue weighted by Crippen LogP contribution is -2.48. The maximum Gasteiger partial charge on any atom is 0.266 e. The molecular formula is C28H31NO3. The number of carbonyl (C=O) groups is 2. The number of ether oxygens (including phenoxy) is 1. The number of rotatable bonds is 6. The van der Waals surface area contributed by atoms with Gasteiger partial charge in [0.1, 0.15) is 5.75 Å². The Labute approximate surface area is 190 Å². The van der Waals surface area contributed by atoms with Crippen molar-refractivity contribution in [2.24, 2.45) is 17.8 Å². The van der Waals surface area contributed by atoms with Crippen LogP contribution in [0.5, 0.6) is 5.75 Å². The van der Waals surface area contributed by atoms with Crippen molar-refractivity contribution in [3.05, 3.63) is 59.2 Å². The van der Waals surface area contributed by atoms with Gasteiger partial charge < -0.3 is 4.74 Å². The molecule has 2 aromatic rings. The first-order valence-electron chi connectivity index (χ1n) is 12.3. The number of anilines is 1. The lowest BCUT2D eigenvalue weighted by atomic mass is 9.48. The molecule has 166 valence electrons. The van der Waals surface area contributed by atoms with Crippen LogP contribution >= 0.6 is 0 Å². The molecule has 0 unspecified atom stereocenters. The molecule has 0 aromatic heterocycles. The summed E-state index contributed by atoms with van der Waals surface area (Å²) in [5.74, 6) is 2.66. The molecule has 4 nitrogen and oxygen atoms in total. The van der Waals surface area contributed by atoms with Crippen molar-refractivity contribution in [3.63, 3.8) is 0 Å². The maximum atomic E-state index is 13.5. The third kappa shape index (κ3) is 3.02. The number of nitrogens with zero attached hydrogens (tertiary/aromatic N) is 1. The third-order valence-corrected chi connectivity index (χ3v) is 8.40. The number of hydrogen-bond acceptors (Lipinski definition) is 3. The van der Waals surface area contributed by atoms with Crippen molar-refractivity contribution in [2.75, 3.05) is 11.5 Å². The van der Waals surface area contributed by atoms with E-state index in [9.17, 15) is 9.59 Å². The fourth-order valence-corrected chi connectivity index (χ4v) is 7.34. The van der Waals surface area contributed by atoms with Crippen LogP contribution in [0.1, 0.15) is 84.6 Å². The summed E-state index contributed by atoms with van der Waals surface area (Å²) in [5.41, 5.74) is 3.12. The van der Waals surface area contributed by atoms with Gasteiger partial charge in [0.2, 0.25) is 0 Å². The van der Waals surface area contributed by atoms with Crippen molar-refractivity contribution < 1.29 is 14.3 Å². The molecule has 4 heteroatoms. The van der Waals surface area contributed by atoms with Gasteiger partial charge >= 0.3 is 0 Å². The molecule has 4 aliphatic carbocycles. The van der Waals surface area contributed by atoms with Gasteiger partial charge in [0.25, 0.3) is 11.8 Å². The van der Waals surface area contributed by atoms with Crippen molar-refractivity contribution in [1.82, 2.24) is 0 Å². The highest BCUT2D eigenvalue weighted by Crippen LogP contribution is 2.60. The molecule has 0 radical (unpaired) electrons. The summed E-state index contributed by atoms with van der Waals surface area (Å²) in [7, 11) is 0. The van der Waals surface area contributed by atoms with E-state index in [2.05, 4.69) is 19.1 Å². The van der Waals surface area contributed by atoms with E-state index in [0.29, 0.717) is 29.2 Å². The van der Waals surface area contributed by atoms with Crippen LogP contribution in [0.2, 0.25) is 0 Å². The molecule has 1 aliphatic heterocycles. The predicted molar refractivity (Wildman–Crippen MR) is 124 cm³/mol. The van der Waals surface area contributed by atoms with Gasteiger partial charge in [-0.1, -0.05) is 31.5 Å². The number of amides is 2. The fraction of sp³-hybridized carbons (Fsp3) is 0.500. The molecule has 0 atom stereocenters. The van der Waals surface area contributed by atoms with Crippen LogP contribution in [0.3, 0.4) is 0 Å². The van der Waals surface area contributed by atoms with E-state index in [1.807, 2.05) is 30.3 Å². The van der Waals surface area contributed by atoms with E-state index >= 15 is 0 Å². The molecule has 7 rings (SSSR count). The Morgan fingerprint density at radius 3 is 2.25 bits per heavy atom. The SMILES string of the molecule is CCCCOc1ccccc1N1C(=O)c2ccc(C34CC5CC(CC(C5)C3)C4)cc2C1=O. The van der Waals surface area contributed by atoms with Gasteiger partial charge in [0.15, 0.2) is 0 Å². The van der Waals surface area contributed by atoms with Gasteiger partial charge in [-0.3, -0.25) is 9.59 Å². The topological polar surface area (TPSA) is 46.6 Å². The first-order valence-corrected chi connectivity index (χ1v) is 12.3. The highest BCUT2D eigenvalue weighted by atomic mass is 16.5. The standard InChI is InChI=1S/C28H31NO3/c1-2-3-10-32-25-7-5-4-6-24(25)29-26(30)22-9-8-21(14-23(22)27(29)31)28-15-18-11-19(16-28)13-20(12-18)17-28/h4-9,14,18-20H,2-3,10-13,15-17H2,1H3. The second kappa shape index (κ2) is 7.47. The minimum atomic E-state index is -0.242. The minimum absolute atomic E-state index is 0.210. The Morgan fingerprint density at radius 2 is 1.56 bits per heavy atom. The molecule has 0 saturated heterocycles. The van der Waals surface area contributed by atoms with Crippen LogP contribution in [0.25, 0.3) is 0 Å². The first-order chi connectivity index (χ1) is 15.6. The number of benzene rings is 2.